The Labute approximate surface area is 196 Å². The summed E-state index contributed by atoms with van der Waals surface area (Å²) in [5.74, 6) is -2.26. The van der Waals surface area contributed by atoms with Crippen molar-refractivity contribution in [1.82, 2.24) is 10.2 Å². The van der Waals surface area contributed by atoms with Gasteiger partial charge in [0.2, 0.25) is 5.91 Å². The van der Waals surface area contributed by atoms with Gasteiger partial charge >= 0.3 is 12.0 Å². The van der Waals surface area contributed by atoms with Crippen molar-refractivity contribution >= 4 is 41.1 Å². The molecular formula is C24H26N4O6. The number of nitrogens with zero attached hydrogens (tertiary/aromatic N) is 1. The highest BCUT2D eigenvalue weighted by Gasteiger charge is 2.51. The normalized spacial score (nSPS) is 18.1. The molecule has 1 saturated heterocycles. The summed E-state index contributed by atoms with van der Waals surface area (Å²) in [5, 5.41) is 7.89. The zero-order valence-electron chi connectivity index (χ0n) is 19.1. The van der Waals surface area contributed by atoms with E-state index in [1.807, 2.05) is 0 Å². The highest BCUT2D eigenvalue weighted by Crippen LogP contribution is 2.32. The van der Waals surface area contributed by atoms with Crippen LogP contribution in [0.25, 0.3) is 0 Å². The Hall–Kier alpha value is -4.21. The van der Waals surface area contributed by atoms with Crippen LogP contribution in [0.4, 0.5) is 16.2 Å². The molecular weight excluding hydrogens is 440 g/mol. The number of carbonyl (C=O) groups excluding carboxylic acids is 5. The largest absolute Gasteiger partial charge is 0.451 e. The molecule has 0 spiro atoms. The standard InChI is InChI=1S/C24H26N4O6/c1-4-24(17-8-6-5-7-9-17)22(32)28(23(33)27-24)14-20(30)34-15(2)21(31)26-19-12-10-18(11-13-19)25-16(3)29/h5-13,15H,4,14H2,1-3H3,(H,25,29)(H,26,31)(H,27,33)/t15-,24+/m1/s1. The van der Waals surface area contributed by atoms with E-state index in [0.29, 0.717) is 23.4 Å². The molecule has 2 aromatic rings. The quantitative estimate of drug-likeness (QED) is 0.404. The molecule has 0 saturated carbocycles. The molecule has 10 heteroatoms. The summed E-state index contributed by atoms with van der Waals surface area (Å²) >= 11 is 0. The molecule has 2 atom stereocenters. The molecule has 3 N–H and O–H groups in total. The average molecular weight is 466 g/mol. The fourth-order valence-corrected chi connectivity index (χ4v) is 3.63. The van der Waals surface area contributed by atoms with Crippen molar-refractivity contribution in [3.05, 3.63) is 60.2 Å². The molecule has 5 amide bonds. The van der Waals surface area contributed by atoms with Gasteiger partial charge in [0.05, 0.1) is 0 Å². The van der Waals surface area contributed by atoms with Crippen molar-refractivity contribution in [3.8, 4) is 0 Å². The Kier molecular flexibility index (Phi) is 7.30. The Balaban J connectivity index is 1.59. The predicted molar refractivity (Wildman–Crippen MR) is 124 cm³/mol. The summed E-state index contributed by atoms with van der Waals surface area (Å²) in [6.45, 7) is 3.91. The minimum Gasteiger partial charge on any atom is -0.451 e. The van der Waals surface area contributed by atoms with Crippen molar-refractivity contribution in [3.63, 3.8) is 0 Å². The van der Waals surface area contributed by atoms with Gasteiger partial charge in [0.1, 0.15) is 12.1 Å². The van der Waals surface area contributed by atoms with Gasteiger partial charge in [-0.3, -0.25) is 24.1 Å². The monoisotopic (exact) mass is 466 g/mol. The van der Waals surface area contributed by atoms with E-state index in [-0.39, 0.29) is 5.91 Å². The van der Waals surface area contributed by atoms with Gasteiger partial charge in [-0.15, -0.1) is 0 Å². The maximum absolute atomic E-state index is 13.1. The third kappa shape index (κ3) is 5.22. The second kappa shape index (κ2) is 10.2. The molecule has 1 fully saturated rings. The van der Waals surface area contributed by atoms with Crippen LogP contribution in [0.5, 0.6) is 0 Å². The van der Waals surface area contributed by atoms with Gasteiger partial charge in [0.25, 0.3) is 11.8 Å². The van der Waals surface area contributed by atoms with Gasteiger partial charge in [-0.1, -0.05) is 37.3 Å². The maximum Gasteiger partial charge on any atom is 0.327 e. The van der Waals surface area contributed by atoms with Crippen LogP contribution < -0.4 is 16.0 Å². The topological polar surface area (TPSA) is 134 Å². The molecule has 0 aliphatic carbocycles. The van der Waals surface area contributed by atoms with Crippen molar-refractivity contribution in [2.45, 2.75) is 38.8 Å². The first-order valence-electron chi connectivity index (χ1n) is 10.7. The molecule has 0 bridgehead atoms. The molecule has 10 nitrogen and oxygen atoms in total. The number of rotatable bonds is 8. The molecule has 0 radical (unpaired) electrons. The van der Waals surface area contributed by atoms with E-state index in [1.165, 1.54) is 13.8 Å². The number of ether oxygens (including phenoxy) is 1. The Morgan fingerprint density at radius 2 is 1.59 bits per heavy atom. The van der Waals surface area contributed by atoms with Gasteiger partial charge < -0.3 is 20.7 Å². The lowest BCUT2D eigenvalue weighted by molar-refractivity contribution is -0.155. The first-order valence-corrected chi connectivity index (χ1v) is 10.7. The predicted octanol–water partition coefficient (Wildman–Crippen LogP) is 2.37. The van der Waals surface area contributed by atoms with E-state index < -0.39 is 42.0 Å². The number of hydrogen-bond donors (Lipinski definition) is 3. The fraction of sp³-hybridized carbons (Fsp3) is 0.292. The summed E-state index contributed by atoms with van der Waals surface area (Å²) in [5.41, 5.74) is 0.359. The molecule has 34 heavy (non-hydrogen) atoms. The van der Waals surface area contributed by atoms with Gasteiger partial charge in [-0.05, 0) is 43.2 Å². The van der Waals surface area contributed by atoms with Crippen LogP contribution in [-0.4, -0.2) is 47.3 Å². The summed E-state index contributed by atoms with van der Waals surface area (Å²) in [6, 6.07) is 14.5. The maximum atomic E-state index is 13.1. The van der Waals surface area contributed by atoms with E-state index in [4.69, 9.17) is 4.74 Å². The highest BCUT2D eigenvalue weighted by atomic mass is 16.5. The van der Waals surface area contributed by atoms with Crippen molar-refractivity contribution in [2.24, 2.45) is 0 Å². The smallest absolute Gasteiger partial charge is 0.327 e. The van der Waals surface area contributed by atoms with Crippen LogP contribution in [0.1, 0.15) is 32.8 Å². The summed E-state index contributed by atoms with van der Waals surface area (Å²) in [7, 11) is 0. The van der Waals surface area contributed by atoms with Gasteiger partial charge in [0, 0.05) is 18.3 Å². The number of carbonyl (C=O) groups is 5. The summed E-state index contributed by atoms with van der Waals surface area (Å²) < 4.78 is 5.14. The summed E-state index contributed by atoms with van der Waals surface area (Å²) in [4.78, 5) is 62.3. The molecule has 0 aromatic heterocycles. The van der Waals surface area contributed by atoms with E-state index >= 15 is 0 Å². The molecule has 0 unspecified atom stereocenters. The van der Waals surface area contributed by atoms with Crippen LogP contribution in [0.3, 0.4) is 0 Å². The number of urea groups is 1. The zero-order valence-corrected chi connectivity index (χ0v) is 19.1. The Morgan fingerprint density at radius 3 is 2.15 bits per heavy atom. The lowest BCUT2D eigenvalue weighted by Gasteiger charge is -2.25. The number of anilines is 2. The SMILES string of the molecule is CC[C@@]1(c2ccccc2)NC(=O)N(CC(=O)O[C@H](C)C(=O)Nc2ccc(NC(C)=O)cc2)C1=O. The van der Waals surface area contributed by atoms with Gasteiger partial charge in [-0.25, -0.2) is 4.79 Å². The number of imide groups is 1. The van der Waals surface area contributed by atoms with Gasteiger partial charge in [-0.2, -0.15) is 0 Å². The van der Waals surface area contributed by atoms with Crippen molar-refractivity contribution < 1.29 is 28.7 Å². The van der Waals surface area contributed by atoms with Crippen molar-refractivity contribution in [2.75, 3.05) is 17.2 Å². The minimum atomic E-state index is -1.26. The number of benzene rings is 2. The molecule has 2 aromatic carbocycles. The van der Waals surface area contributed by atoms with E-state index in [9.17, 15) is 24.0 Å². The summed E-state index contributed by atoms with van der Waals surface area (Å²) in [6.07, 6.45) is -0.875. The number of nitrogens with one attached hydrogen (secondary N) is 3. The lowest BCUT2D eigenvalue weighted by atomic mass is 9.87. The average Bonchev–Trinajstić information content (AvgIpc) is 3.05. The van der Waals surface area contributed by atoms with Crippen LogP contribution in [0, 0.1) is 0 Å². The number of hydrogen-bond acceptors (Lipinski definition) is 6. The second-order valence-corrected chi connectivity index (χ2v) is 7.83. The number of amides is 5. The molecule has 1 aliphatic heterocycles. The fourth-order valence-electron chi connectivity index (χ4n) is 3.63. The molecule has 3 rings (SSSR count). The molecule has 178 valence electrons. The first-order chi connectivity index (χ1) is 16.2. The molecule has 1 aliphatic rings. The van der Waals surface area contributed by atoms with E-state index in [1.54, 1.807) is 61.5 Å². The van der Waals surface area contributed by atoms with E-state index in [0.717, 1.165) is 4.90 Å². The van der Waals surface area contributed by atoms with Crippen LogP contribution in [0.2, 0.25) is 0 Å². The Morgan fingerprint density at radius 1 is 1.00 bits per heavy atom. The van der Waals surface area contributed by atoms with Crippen LogP contribution >= 0.6 is 0 Å². The first kappa shape index (κ1) is 24.4. The Bertz CT molecular complexity index is 1100. The van der Waals surface area contributed by atoms with E-state index in [2.05, 4.69) is 16.0 Å². The van der Waals surface area contributed by atoms with Crippen molar-refractivity contribution in [1.29, 1.82) is 0 Å². The zero-order chi connectivity index (χ0) is 24.9. The second-order valence-electron chi connectivity index (χ2n) is 7.83. The van der Waals surface area contributed by atoms with Crippen LogP contribution in [-0.2, 0) is 29.5 Å². The van der Waals surface area contributed by atoms with Gasteiger partial charge in [0.15, 0.2) is 6.10 Å². The molecule has 1 heterocycles. The highest BCUT2D eigenvalue weighted by molar-refractivity contribution is 6.09. The number of esters is 1. The third-order valence-corrected chi connectivity index (χ3v) is 5.41. The van der Waals surface area contributed by atoms with Crippen LogP contribution in [0.15, 0.2) is 54.6 Å². The third-order valence-electron chi connectivity index (χ3n) is 5.41. The minimum absolute atomic E-state index is 0.220. The lowest BCUT2D eigenvalue weighted by Crippen LogP contribution is -2.44.